The summed E-state index contributed by atoms with van der Waals surface area (Å²) in [5, 5.41) is 11.5. The van der Waals surface area contributed by atoms with Crippen LogP contribution < -0.4 is 10.9 Å². The van der Waals surface area contributed by atoms with E-state index in [1.807, 2.05) is 36.4 Å². The van der Waals surface area contributed by atoms with Gasteiger partial charge in [-0.3, -0.25) is 9.59 Å². The minimum atomic E-state index is -0.475. The van der Waals surface area contributed by atoms with Crippen LogP contribution in [-0.2, 0) is 6.54 Å². The highest BCUT2D eigenvalue weighted by molar-refractivity contribution is 6.04. The number of nitrogens with zero attached hydrogens (tertiary/aromatic N) is 2. The lowest BCUT2D eigenvalue weighted by Gasteiger charge is -2.09. The van der Waals surface area contributed by atoms with Gasteiger partial charge in [0.1, 0.15) is 5.56 Å². The van der Waals surface area contributed by atoms with Gasteiger partial charge in [0.15, 0.2) is 0 Å². The number of rotatable bonds is 4. The summed E-state index contributed by atoms with van der Waals surface area (Å²) in [5.74, 6) is -0.475. The number of nitrogens with one attached hydrogen (secondary N) is 1. The van der Waals surface area contributed by atoms with Gasteiger partial charge in [0.2, 0.25) is 0 Å². The normalized spacial score (nSPS) is 10.0. The summed E-state index contributed by atoms with van der Waals surface area (Å²) in [6.07, 6.45) is 1.66. The van der Waals surface area contributed by atoms with Gasteiger partial charge >= 0.3 is 0 Å². The largest absolute Gasteiger partial charge is 0.322 e. The molecule has 0 bridgehead atoms. The molecule has 1 N–H and O–H groups in total. The first-order valence-corrected chi connectivity index (χ1v) is 7.72. The van der Waals surface area contributed by atoms with Crippen LogP contribution in [0.2, 0.25) is 0 Å². The van der Waals surface area contributed by atoms with Crippen molar-refractivity contribution in [3.8, 4) is 6.07 Å². The maximum atomic E-state index is 12.6. The Morgan fingerprint density at radius 2 is 1.72 bits per heavy atom. The van der Waals surface area contributed by atoms with Crippen LogP contribution in [0.1, 0.15) is 21.5 Å². The standard InChI is InChI=1S/C20H15N3O2/c21-13-15-8-10-17(11-9-15)22-19(24)18-7-4-12-23(20(18)25)14-16-5-2-1-3-6-16/h1-12H,14H2,(H,22,24). The SMILES string of the molecule is N#Cc1ccc(NC(=O)c2cccn(Cc3ccccc3)c2=O)cc1. The predicted molar refractivity (Wildman–Crippen MR) is 95.4 cm³/mol. The highest BCUT2D eigenvalue weighted by Crippen LogP contribution is 2.10. The van der Waals surface area contributed by atoms with Crippen LogP contribution in [0.15, 0.2) is 77.7 Å². The summed E-state index contributed by atoms with van der Waals surface area (Å²) in [6.45, 7) is 0.400. The van der Waals surface area contributed by atoms with Crippen LogP contribution in [0.5, 0.6) is 0 Å². The molecule has 0 aliphatic heterocycles. The first kappa shape index (κ1) is 16.2. The summed E-state index contributed by atoms with van der Waals surface area (Å²) in [6, 6.07) is 21.2. The molecule has 0 aliphatic rings. The quantitative estimate of drug-likeness (QED) is 0.799. The Bertz CT molecular complexity index is 984. The minimum Gasteiger partial charge on any atom is -0.322 e. The Morgan fingerprint density at radius 3 is 2.40 bits per heavy atom. The lowest BCUT2D eigenvalue weighted by Crippen LogP contribution is -2.29. The highest BCUT2D eigenvalue weighted by Gasteiger charge is 2.12. The third-order valence-electron chi connectivity index (χ3n) is 3.73. The Balaban J connectivity index is 1.82. The van der Waals surface area contributed by atoms with Crippen molar-refractivity contribution in [1.29, 1.82) is 5.26 Å². The van der Waals surface area contributed by atoms with Gasteiger partial charge in [-0.15, -0.1) is 0 Å². The number of hydrogen-bond donors (Lipinski definition) is 1. The van der Waals surface area contributed by atoms with E-state index in [4.69, 9.17) is 5.26 Å². The molecule has 0 radical (unpaired) electrons. The second-order valence-electron chi connectivity index (χ2n) is 5.48. The van der Waals surface area contributed by atoms with Crippen LogP contribution in [0.25, 0.3) is 0 Å². The van der Waals surface area contributed by atoms with E-state index in [1.165, 1.54) is 10.6 Å². The molecule has 0 unspecified atom stereocenters. The topological polar surface area (TPSA) is 74.9 Å². The minimum absolute atomic E-state index is 0.0720. The summed E-state index contributed by atoms with van der Waals surface area (Å²) in [4.78, 5) is 25.0. The third kappa shape index (κ3) is 3.82. The number of hydrogen-bond acceptors (Lipinski definition) is 3. The molecule has 0 saturated heterocycles. The van der Waals surface area contributed by atoms with E-state index in [0.717, 1.165) is 5.56 Å². The maximum Gasteiger partial charge on any atom is 0.263 e. The van der Waals surface area contributed by atoms with Gasteiger partial charge in [0.25, 0.3) is 11.5 Å². The third-order valence-corrected chi connectivity index (χ3v) is 3.73. The smallest absolute Gasteiger partial charge is 0.263 e. The van der Waals surface area contributed by atoms with Crippen LogP contribution in [0.3, 0.4) is 0 Å². The van der Waals surface area contributed by atoms with Crippen molar-refractivity contribution in [2.24, 2.45) is 0 Å². The van der Waals surface area contributed by atoms with Crippen molar-refractivity contribution in [2.75, 3.05) is 5.32 Å². The van der Waals surface area contributed by atoms with Crippen molar-refractivity contribution < 1.29 is 4.79 Å². The number of anilines is 1. The molecule has 3 aromatic rings. The molecular formula is C20H15N3O2. The van der Waals surface area contributed by atoms with Crippen molar-refractivity contribution in [2.45, 2.75) is 6.54 Å². The molecule has 0 spiro atoms. The summed E-state index contributed by atoms with van der Waals surface area (Å²) in [7, 11) is 0. The van der Waals surface area contributed by atoms with Crippen molar-refractivity contribution >= 4 is 11.6 Å². The van der Waals surface area contributed by atoms with Crippen molar-refractivity contribution in [1.82, 2.24) is 4.57 Å². The molecular weight excluding hydrogens is 314 g/mol. The fourth-order valence-corrected chi connectivity index (χ4v) is 2.44. The first-order chi connectivity index (χ1) is 12.2. The van der Waals surface area contributed by atoms with Crippen LogP contribution in [0.4, 0.5) is 5.69 Å². The van der Waals surface area contributed by atoms with Gasteiger partial charge in [0, 0.05) is 11.9 Å². The zero-order valence-corrected chi connectivity index (χ0v) is 13.3. The number of benzene rings is 2. The van der Waals surface area contributed by atoms with Gasteiger partial charge in [-0.1, -0.05) is 30.3 Å². The fourth-order valence-electron chi connectivity index (χ4n) is 2.44. The van der Waals surface area contributed by atoms with Gasteiger partial charge in [-0.05, 0) is 42.0 Å². The van der Waals surface area contributed by atoms with Gasteiger partial charge < -0.3 is 9.88 Å². The second-order valence-corrected chi connectivity index (χ2v) is 5.48. The average molecular weight is 329 g/mol. The summed E-state index contributed by atoms with van der Waals surface area (Å²) in [5.41, 5.74) is 1.74. The second kappa shape index (κ2) is 7.28. The molecule has 5 nitrogen and oxygen atoms in total. The van der Waals surface area contributed by atoms with Crippen LogP contribution in [0, 0.1) is 11.3 Å². The Kier molecular flexibility index (Phi) is 4.72. The molecule has 1 heterocycles. The highest BCUT2D eigenvalue weighted by atomic mass is 16.2. The molecule has 0 aliphatic carbocycles. The Hall–Kier alpha value is -3.65. The van der Waals surface area contributed by atoms with Gasteiger partial charge in [0.05, 0.1) is 18.2 Å². The lowest BCUT2D eigenvalue weighted by atomic mass is 10.2. The van der Waals surface area contributed by atoms with E-state index in [9.17, 15) is 9.59 Å². The number of carbonyl (C=O) groups is 1. The number of pyridine rings is 1. The summed E-state index contributed by atoms with van der Waals surface area (Å²) < 4.78 is 1.50. The number of amides is 1. The molecule has 5 heteroatoms. The Morgan fingerprint density at radius 1 is 1.00 bits per heavy atom. The molecule has 3 rings (SSSR count). The fraction of sp³-hybridized carbons (Fsp3) is 0.0500. The van der Waals surface area contributed by atoms with E-state index < -0.39 is 5.91 Å². The van der Waals surface area contributed by atoms with Crippen molar-refractivity contribution in [3.05, 3.63) is 100.0 Å². The zero-order chi connectivity index (χ0) is 17.6. The van der Waals surface area contributed by atoms with E-state index in [1.54, 1.807) is 36.5 Å². The zero-order valence-electron chi connectivity index (χ0n) is 13.3. The maximum absolute atomic E-state index is 12.6. The molecule has 25 heavy (non-hydrogen) atoms. The predicted octanol–water partition coefficient (Wildman–Crippen LogP) is 3.02. The summed E-state index contributed by atoms with van der Waals surface area (Å²) >= 11 is 0. The first-order valence-electron chi connectivity index (χ1n) is 7.72. The van der Waals surface area contributed by atoms with E-state index >= 15 is 0 Å². The number of aromatic nitrogens is 1. The number of carbonyl (C=O) groups excluding carboxylic acids is 1. The molecule has 1 amide bonds. The molecule has 122 valence electrons. The van der Waals surface area contributed by atoms with E-state index in [2.05, 4.69) is 5.32 Å². The van der Waals surface area contributed by atoms with Gasteiger partial charge in [-0.25, -0.2) is 0 Å². The molecule has 0 atom stereocenters. The molecule has 0 saturated carbocycles. The van der Waals surface area contributed by atoms with Gasteiger partial charge in [-0.2, -0.15) is 5.26 Å². The lowest BCUT2D eigenvalue weighted by molar-refractivity contribution is 0.102. The Labute approximate surface area is 144 Å². The van der Waals surface area contributed by atoms with Crippen LogP contribution in [-0.4, -0.2) is 10.5 Å². The molecule has 1 aromatic heterocycles. The van der Waals surface area contributed by atoms with Crippen LogP contribution >= 0.6 is 0 Å². The monoisotopic (exact) mass is 329 g/mol. The van der Waals surface area contributed by atoms with E-state index in [-0.39, 0.29) is 11.1 Å². The number of nitriles is 1. The molecule has 2 aromatic carbocycles. The van der Waals surface area contributed by atoms with E-state index in [0.29, 0.717) is 17.8 Å². The molecule has 0 fully saturated rings. The average Bonchev–Trinajstić information content (AvgIpc) is 2.65. The van der Waals surface area contributed by atoms with Crippen molar-refractivity contribution in [3.63, 3.8) is 0 Å².